The minimum Gasteiger partial charge on any atom is -0.469 e. The lowest BCUT2D eigenvalue weighted by atomic mass is 10.2. The van der Waals surface area contributed by atoms with E-state index < -0.39 is 0 Å². The molecule has 0 aromatic carbocycles. The molecule has 2 heterocycles. The average molecular weight is 353 g/mol. The van der Waals surface area contributed by atoms with E-state index in [1.54, 1.807) is 11.3 Å². The number of rotatable bonds is 7. The van der Waals surface area contributed by atoms with Gasteiger partial charge in [-0.05, 0) is 37.3 Å². The third-order valence-corrected chi connectivity index (χ3v) is 4.94. The zero-order chi connectivity index (χ0) is 17.2. The fourth-order valence-electron chi connectivity index (χ4n) is 2.68. The highest BCUT2D eigenvalue weighted by atomic mass is 32.1. The summed E-state index contributed by atoms with van der Waals surface area (Å²) in [6.07, 6.45) is 2.20. The first-order valence-electron chi connectivity index (χ1n) is 8.63. The van der Waals surface area contributed by atoms with Crippen LogP contribution < -0.4 is 10.2 Å². The van der Waals surface area contributed by atoms with Gasteiger partial charge < -0.3 is 19.9 Å². The van der Waals surface area contributed by atoms with Crippen molar-refractivity contribution in [2.75, 3.05) is 51.3 Å². The van der Waals surface area contributed by atoms with Crippen LogP contribution in [0.25, 0.3) is 0 Å². The highest BCUT2D eigenvalue weighted by Crippen LogP contribution is 2.22. The van der Waals surface area contributed by atoms with Crippen LogP contribution in [-0.4, -0.2) is 63.2 Å². The van der Waals surface area contributed by atoms with Gasteiger partial charge in [0, 0.05) is 45.7 Å². The number of carbonyl (C=O) groups excluding carboxylic acids is 1. The molecule has 0 saturated carbocycles. The summed E-state index contributed by atoms with van der Waals surface area (Å²) in [4.78, 5) is 20.6. The molecule has 1 aromatic heterocycles. The predicted molar refractivity (Wildman–Crippen MR) is 100.0 cm³/mol. The van der Waals surface area contributed by atoms with Crippen LogP contribution in [0.3, 0.4) is 0 Å². The summed E-state index contributed by atoms with van der Waals surface area (Å²) in [6.45, 7) is 7.70. The molecule has 1 aliphatic heterocycles. The van der Waals surface area contributed by atoms with E-state index in [1.165, 1.54) is 12.1 Å². The normalized spacial score (nSPS) is 15.5. The smallest absolute Gasteiger partial charge is 0.305 e. The minimum atomic E-state index is -0.143. The Kier molecular flexibility index (Phi) is 7.88. The van der Waals surface area contributed by atoms with E-state index in [1.807, 2.05) is 0 Å². The number of thiophene rings is 1. The molecule has 0 atom stereocenters. The summed E-state index contributed by atoms with van der Waals surface area (Å²) >= 11 is 1.80. The molecule has 1 fully saturated rings. The van der Waals surface area contributed by atoms with Crippen molar-refractivity contribution in [3.8, 4) is 0 Å². The summed E-state index contributed by atoms with van der Waals surface area (Å²) in [5, 5.41) is 6.85. The summed E-state index contributed by atoms with van der Waals surface area (Å²) < 4.78 is 4.65. The van der Waals surface area contributed by atoms with Crippen molar-refractivity contribution in [3.05, 3.63) is 17.5 Å². The summed E-state index contributed by atoms with van der Waals surface area (Å²) in [5.41, 5.74) is 0. The van der Waals surface area contributed by atoms with Crippen molar-refractivity contribution in [1.29, 1.82) is 0 Å². The monoisotopic (exact) mass is 352 g/mol. The van der Waals surface area contributed by atoms with Crippen molar-refractivity contribution in [3.63, 3.8) is 0 Å². The molecule has 7 heteroatoms. The van der Waals surface area contributed by atoms with Crippen molar-refractivity contribution < 1.29 is 9.53 Å². The quantitative estimate of drug-likeness (QED) is 0.353. The Bertz CT molecular complexity index is 511. The number of guanidine groups is 1. The highest BCUT2D eigenvalue weighted by Gasteiger charge is 2.20. The number of piperazine rings is 1. The van der Waals surface area contributed by atoms with Crippen molar-refractivity contribution in [2.24, 2.45) is 4.99 Å². The number of aliphatic imine (C=N–C) groups is 1. The zero-order valence-electron chi connectivity index (χ0n) is 14.7. The van der Waals surface area contributed by atoms with Crippen LogP contribution in [0.4, 0.5) is 5.00 Å². The molecule has 1 aliphatic rings. The second-order valence-corrected chi connectivity index (χ2v) is 6.62. The van der Waals surface area contributed by atoms with Crippen LogP contribution in [0.2, 0.25) is 0 Å². The molecule has 134 valence electrons. The molecular weight excluding hydrogens is 324 g/mol. The van der Waals surface area contributed by atoms with E-state index in [2.05, 4.69) is 44.3 Å². The van der Waals surface area contributed by atoms with E-state index in [-0.39, 0.29) is 5.97 Å². The minimum absolute atomic E-state index is 0.143. The van der Waals surface area contributed by atoms with Gasteiger partial charge in [0.25, 0.3) is 0 Å². The zero-order valence-corrected chi connectivity index (χ0v) is 15.5. The van der Waals surface area contributed by atoms with Gasteiger partial charge in [0.15, 0.2) is 5.96 Å². The molecule has 0 radical (unpaired) electrons. The highest BCUT2D eigenvalue weighted by molar-refractivity contribution is 7.14. The second-order valence-electron chi connectivity index (χ2n) is 5.69. The van der Waals surface area contributed by atoms with Gasteiger partial charge in [0.2, 0.25) is 0 Å². The maximum absolute atomic E-state index is 11.1. The molecule has 0 aliphatic carbocycles. The number of carbonyl (C=O) groups is 1. The Labute approximate surface area is 148 Å². The lowest BCUT2D eigenvalue weighted by Crippen LogP contribution is -2.52. The summed E-state index contributed by atoms with van der Waals surface area (Å²) in [5.74, 6) is 0.844. The predicted octanol–water partition coefficient (Wildman–Crippen LogP) is 2.18. The Morgan fingerprint density at radius 1 is 1.33 bits per heavy atom. The number of anilines is 1. The summed E-state index contributed by atoms with van der Waals surface area (Å²) in [7, 11) is 1.43. The molecule has 0 amide bonds. The Hall–Kier alpha value is -1.76. The van der Waals surface area contributed by atoms with Gasteiger partial charge in [-0.2, -0.15) is 0 Å². The largest absolute Gasteiger partial charge is 0.469 e. The molecule has 0 spiro atoms. The third kappa shape index (κ3) is 5.70. The average Bonchev–Trinajstić information content (AvgIpc) is 3.15. The van der Waals surface area contributed by atoms with Gasteiger partial charge in [0.1, 0.15) is 0 Å². The number of esters is 1. The van der Waals surface area contributed by atoms with Crippen LogP contribution in [0.1, 0.15) is 26.2 Å². The van der Waals surface area contributed by atoms with Crippen LogP contribution in [0.5, 0.6) is 0 Å². The molecule has 24 heavy (non-hydrogen) atoms. The van der Waals surface area contributed by atoms with Gasteiger partial charge in [-0.15, -0.1) is 11.3 Å². The number of nitrogens with zero attached hydrogens (tertiary/aromatic N) is 3. The molecule has 0 unspecified atom stereocenters. The van der Waals surface area contributed by atoms with Gasteiger partial charge in [-0.1, -0.05) is 0 Å². The molecule has 0 bridgehead atoms. The fourth-order valence-corrected chi connectivity index (χ4v) is 3.47. The SMILES string of the molecule is CCNC(=NCCCCC(=O)OC)N1CCN(c2cccs2)CC1. The first-order chi connectivity index (χ1) is 11.7. The van der Waals surface area contributed by atoms with Gasteiger partial charge >= 0.3 is 5.97 Å². The summed E-state index contributed by atoms with van der Waals surface area (Å²) in [6, 6.07) is 4.28. The molecule has 2 rings (SSSR count). The Balaban J connectivity index is 1.77. The first-order valence-corrected chi connectivity index (χ1v) is 9.51. The van der Waals surface area contributed by atoms with E-state index in [4.69, 9.17) is 4.99 Å². The van der Waals surface area contributed by atoms with E-state index in [9.17, 15) is 4.79 Å². The van der Waals surface area contributed by atoms with Crippen LogP contribution in [0, 0.1) is 0 Å². The Morgan fingerprint density at radius 2 is 2.12 bits per heavy atom. The fraction of sp³-hybridized carbons (Fsp3) is 0.647. The van der Waals surface area contributed by atoms with Crippen LogP contribution >= 0.6 is 11.3 Å². The molecule has 6 nitrogen and oxygen atoms in total. The van der Waals surface area contributed by atoms with E-state index >= 15 is 0 Å². The van der Waals surface area contributed by atoms with Crippen LogP contribution in [0.15, 0.2) is 22.5 Å². The Morgan fingerprint density at radius 3 is 2.75 bits per heavy atom. The van der Waals surface area contributed by atoms with Gasteiger partial charge in [-0.25, -0.2) is 0 Å². The van der Waals surface area contributed by atoms with E-state index in [0.717, 1.165) is 58.1 Å². The van der Waals surface area contributed by atoms with Crippen molar-refractivity contribution in [2.45, 2.75) is 26.2 Å². The number of ether oxygens (including phenoxy) is 1. The standard InChI is InChI=1S/C17H28N4O2S/c1-3-18-17(19-9-5-4-8-16(22)23-2)21-12-10-20(11-13-21)15-7-6-14-24-15/h6-7,14H,3-5,8-13H2,1-2H3,(H,18,19). The molecule has 1 aromatic rings. The first kappa shape index (κ1) is 18.6. The molecular formula is C17H28N4O2S. The second kappa shape index (κ2) is 10.2. The van der Waals surface area contributed by atoms with Crippen molar-refractivity contribution >= 4 is 28.3 Å². The number of unbranched alkanes of at least 4 members (excludes halogenated alkanes) is 1. The van der Waals surface area contributed by atoms with Crippen LogP contribution in [-0.2, 0) is 9.53 Å². The third-order valence-electron chi connectivity index (χ3n) is 4.01. The maximum atomic E-state index is 11.1. The number of hydrogen-bond donors (Lipinski definition) is 1. The maximum Gasteiger partial charge on any atom is 0.305 e. The van der Waals surface area contributed by atoms with Crippen molar-refractivity contribution in [1.82, 2.24) is 10.2 Å². The lowest BCUT2D eigenvalue weighted by molar-refractivity contribution is -0.140. The van der Waals surface area contributed by atoms with Gasteiger partial charge in [-0.3, -0.25) is 9.79 Å². The molecule has 1 saturated heterocycles. The number of hydrogen-bond acceptors (Lipinski definition) is 5. The topological polar surface area (TPSA) is 57.2 Å². The van der Waals surface area contributed by atoms with E-state index in [0.29, 0.717) is 6.42 Å². The lowest BCUT2D eigenvalue weighted by Gasteiger charge is -2.37. The molecule has 1 N–H and O–H groups in total. The van der Waals surface area contributed by atoms with Gasteiger partial charge in [0.05, 0.1) is 12.1 Å². The number of nitrogens with one attached hydrogen (secondary N) is 1. The number of methoxy groups -OCH3 is 1.